The highest BCUT2D eigenvalue weighted by molar-refractivity contribution is 5.60. The summed E-state index contributed by atoms with van der Waals surface area (Å²) >= 11 is 0. The molecule has 90 valence electrons. The normalized spacial score (nSPS) is 9.83. The fraction of sp³-hybridized carbons (Fsp3) is 0.133. The van der Waals surface area contributed by atoms with Crippen LogP contribution < -0.4 is 5.32 Å². The van der Waals surface area contributed by atoms with Crippen molar-refractivity contribution in [2.24, 2.45) is 0 Å². The third-order valence-corrected chi connectivity index (χ3v) is 2.81. The molecule has 0 fully saturated rings. The van der Waals surface area contributed by atoms with Crippen molar-refractivity contribution in [1.82, 2.24) is 0 Å². The Bertz CT molecular complexity index is 600. The fourth-order valence-corrected chi connectivity index (χ4v) is 1.80. The minimum atomic E-state index is -0.240. The van der Waals surface area contributed by atoms with E-state index in [0.717, 1.165) is 11.3 Å². The van der Waals surface area contributed by atoms with E-state index in [0.29, 0.717) is 17.7 Å². The molecule has 0 bridgehead atoms. The second kappa shape index (κ2) is 5.33. The van der Waals surface area contributed by atoms with E-state index in [4.69, 9.17) is 5.26 Å². The molecular formula is C15H13FN2. The molecule has 2 rings (SSSR count). The van der Waals surface area contributed by atoms with Crippen molar-refractivity contribution in [3.8, 4) is 6.07 Å². The first-order valence-electron chi connectivity index (χ1n) is 5.69. The molecule has 3 heteroatoms. The van der Waals surface area contributed by atoms with Gasteiger partial charge in [0.05, 0.1) is 11.3 Å². The average molecular weight is 240 g/mol. The van der Waals surface area contributed by atoms with Crippen LogP contribution in [-0.2, 0) is 6.54 Å². The molecule has 0 heterocycles. The molecule has 0 aliphatic heterocycles. The van der Waals surface area contributed by atoms with Crippen LogP contribution in [-0.4, -0.2) is 0 Å². The van der Waals surface area contributed by atoms with Gasteiger partial charge < -0.3 is 5.32 Å². The number of aryl methyl sites for hydroxylation is 1. The molecule has 0 aliphatic carbocycles. The third kappa shape index (κ3) is 2.49. The topological polar surface area (TPSA) is 35.8 Å². The number of benzene rings is 2. The Kier molecular flexibility index (Phi) is 3.59. The molecule has 18 heavy (non-hydrogen) atoms. The highest BCUT2D eigenvalue weighted by Gasteiger charge is 2.05. The van der Waals surface area contributed by atoms with E-state index in [1.807, 2.05) is 25.1 Å². The molecule has 0 unspecified atom stereocenters. The second-order valence-electron chi connectivity index (χ2n) is 4.05. The van der Waals surface area contributed by atoms with Crippen molar-refractivity contribution in [2.45, 2.75) is 13.5 Å². The molecule has 0 aromatic heterocycles. The third-order valence-electron chi connectivity index (χ3n) is 2.81. The van der Waals surface area contributed by atoms with E-state index in [1.165, 1.54) is 6.07 Å². The lowest BCUT2D eigenvalue weighted by Crippen LogP contribution is -2.03. The molecular weight excluding hydrogens is 227 g/mol. The highest BCUT2D eigenvalue weighted by Crippen LogP contribution is 2.19. The molecule has 0 radical (unpaired) electrons. The van der Waals surface area contributed by atoms with Gasteiger partial charge >= 0.3 is 0 Å². The van der Waals surface area contributed by atoms with Crippen LogP contribution in [0.2, 0.25) is 0 Å². The van der Waals surface area contributed by atoms with Gasteiger partial charge in [0.2, 0.25) is 0 Å². The zero-order valence-electron chi connectivity index (χ0n) is 10.1. The molecule has 0 saturated carbocycles. The predicted octanol–water partition coefficient (Wildman–Crippen LogP) is 3.62. The number of rotatable bonds is 3. The summed E-state index contributed by atoms with van der Waals surface area (Å²) in [5, 5.41) is 12.2. The molecule has 0 atom stereocenters. The first-order chi connectivity index (χ1) is 8.72. The minimum Gasteiger partial charge on any atom is -0.380 e. The summed E-state index contributed by atoms with van der Waals surface area (Å²) in [6, 6.07) is 14.3. The Hall–Kier alpha value is -2.34. The lowest BCUT2D eigenvalue weighted by Gasteiger charge is -2.10. The Balaban J connectivity index is 2.19. The van der Waals surface area contributed by atoms with Crippen LogP contribution in [0.25, 0.3) is 0 Å². The van der Waals surface area contributed by atoms with Crippen molar-refractivity contribution in [3.63, 3.8) is 0 Å². The van der Waals surface area contributed by atoms with Crippen LogP contribution in [0.5, 0.6) is 0 Å². The summed E-state index contributed by atoms with van der Waals surface area (Å²) in [6.07, 6.45) is 0. The van der Waals surface area contributed by atoms with Gasteiger partial charge in [-0.15, -0.1) is 0 Å². The molecule has 2 aromatic carbocycles. The van der Waals surface area contributed by atoms with Crippen molar-refractivity contribution < 1.29 is 4.39 Å². The van der Waals surface area contributed by atoms with Crippen LogP contribution in [0.1, 0.15) is 16.7 Å². The molecule has 0 saturated heterocycles. The van der Waals surface area contributed by atoms with Gasteiger partial charge in [0.15, 0.2) is 0 Å². The zero-order chi connectivity index (χ0) is 13.0. The van der Waals surface area contributed by atoms with Crippen LogP contribution in [0.15, 0.2) is 42.5 Å². The van der Waals surface area contributed by atoms with Gasteiger partial charge in [0.25, 0.3) is 0 Å². The van der Waals surface area contributed by atoms with Gasteiger partial charge in [-0.3, -0.25) is 0 Å². The summed E-state index contributed by atoms with van der Waals surface area (Å²) < 4.78 is 13.4. The number of nitrogens with one attached hydrogen (secondary N) is 1. The van der Waals surface area contributed by atoms with Gasteiger partial charge in [0.1, 0.15) is 11.9 Å². The van der Waals surface area contributed by atoms with E-state index in [-0.39, 0.29) is 5.82 Å². The Morgan fingerprint density at radius 3 is 2.67 bits per heavy atom. The van der Waals surface area contributed by atoms with Crippen LogP contribution in [0.3, 0.4) is 0 Å². The Morgan fingerprint density at radius 2 is 1.94 bits per heavy atom. The van der Waals surface area contributed by atoms with Gasteiger partial charge in [-0.05, 0) is 24.6 Å². The maximum atomic E-state index is 13.4. The summed E-state index contributed by atoms with van der Waals surface area (Å²) in [7, 11) is 0. The van der Waals surface area contributed by atoms with Crippen molar-refractivity contribution in [3.05, 3.63) is 65.0 Å². The number of hydrogen-bond acceptors (Lipinski definition) is 2. The molecule has 1 N–H and O–H groups in total. The standard InChI is InChI=1S/C15H13FN2/c1-11-5-4-8-15(13(11)9-17)18-10-12-6-2-3-7-14(12)16/h2-8,18H,10H2,1H3. The van der Waals surface area contributed by atoms with Gasteiger partial charge in [-0.1, -0.05) is 30.3 Å². The molecule has 0 amide bonds. The highest BCUT2D eigenvalue weighted by atomic mass is 19.1. The second-order valence-corrected chi connectivity index (χ2v) is 4.05. The maximum absolute atomic E-state index is 13.4. The van der Waals surface area contributed by atoms with Crippen molar-refractivity contribution >= 4 is 5.69 Å². The number of anilines is 1. The monoisotopic (exact) mass is 240 g/mol. The van der Waals surface area contributed by atoms with Gasteiger partial charge in [0, 0.05) is 12.1 Å². The van der Waals surface area contributed by atoms with Crippen molar-refractivity contribution in [2.75, 3.05) is 5.32 Å². The smallest absolute Gasteiger partial charge is 0.128 e. The molecule has 0 aliphatic rings. The molecule has 0 spiro atoms. The Morgan fingerprint density at radius 1 is 1.17 bits per heavy atom. The summed E-state index contributed by atoms with van der Waals surface area (Å²) in [5.41, 5.74) is 2.84. The maximum Gasteiger partial charge on any atom is 0.128 e. The van der Waals surface area contributed by atoms with E-state index in [1.54, 1.807) is 18.2 Å². The quantitative estimate of drug-likeness (QED) is 0.889. The number of halogens is 1. The van der Waals surface area contributed by atoms with Gasteiger partial charge in [-0.2, -0.15) is 5.26 Å². The van der Waals surface area contributed by atoms with Crippen LogP contribution >= 0.6 is 0 Å². The van der Waals surface area contributed by atoms with Gasteiger partial charge in [-0.25, -0.2) is 4.39 Å². The largest absolute Gasteiger partial charge is 0.380 e. The molecule has 2 aromatic rings. The average Bonchev–Trinajstić information content (AvgIpc) is 2.38. The lowest BCUT2D eigenvalue weighted by molar-refractivity contribution is 0.613. The fourth-order valence-electron chi connectivity index (χ4n) is 1.80. The van der Waals surface area contributed by atoms with E-state index in [2.05, 4.69) is 11.4 Å². The lowest BCUT2D eigenvalue weighted by atomic mass is 10.1. The predicted molar refractivity (Wildman–Crippen MR) is 69.6 cm³/mol. The van der Waals surface area contributed by atoms with E-state index in [9.17, 15) is 4.39 Å². The van der Waals surface area contributed by atoms with Crippen LogP contribution in [0.4, 0.5) is 10.1 Å². The number of nitrogens with zero attached hydrogens (tertiary/aromatic N) is 1. The number of nitriles is 1. The Labute approximate surface area is 106 Å². The van der Waals surface area contributed by atoms with E-state index >= 15 is 0 Å². The number of hydrogen-bond donors (Lipinski definition) is 1. The van der Waals surface area contributed by atoms with Crippen LogP contribution in [0, 0.1) is 24.1 Å². The molecule has 2 nitrogen and oxygen atoms in total. The summed E-state index contributed by atoms with van der Waals surface area (Å²) in [4.78, 5) is 0. The van der Waals surface area contributed by atoms with Crippen molar-refractivity contribution in [1.29, 1.82) is 5.26 Å². The van der Waals surface area contributed by atoms with E-state index < -0.39 is 0 Å². The zero-order valence-corrected chi connectivity index (χ0v) is 10.1. The first kappa shape index (κ1) is 12.1. The summed E-state index contributed by atoms with van der Waals surface area (Å²) in [6.45, 7) is 2.25. The SMILES string of the molecule is Cc1cccc(NCc2ccccc2F)c1C#N. The minimum absolute atomic E-state index is 0.240. The summed E-state index contributed by atoms with van der Waals surface area (Å²) in [5.74, 6) is -0.240. The first-order valence-corrected chi connectivity index (χ1v) is 5.69.